The maximum Gasteiger partial charge on any atom is 0.389 e. The number of aliphatic hydroxyl groups excluding tert-OH is 1. The van der Waals surface area contributed by atoms with Crippen LogP contribution >= 0.6 is 0 Å². The molecule has 0 heterocycles. The fourth-order valence-electron chi connectivity index (χ4n) is 2.43. The smallest absolute Gasteiger partial charge is 0.389 e. The molecule has 2 atom stereocenters. The number of halogens is 3. The first-order chi connectivity index (χ1) is 9.68. The molecule has 2 rings (SSSR count). The topological polar surface area (TPSA) is 66.4 Å². The highest BCUT2D eigenvalue weighted by Crippen LogP contribution is 2.32. The number of aliphatic hydroxyl groups is 1. The minimum atomic E-state index is -4.37. The Morgan fingerprint density at radius 2 is 1.95 bits per heavy atom. The predicted octanol–water partition coefficient (Wildman–Crippen LogP) is 1.91. The van der Waals surface area contributed by atoms with Crippen LogP contribution in [0.15, 0.2) is 24.3 Å². The van der Waals surface area contributed by atoms with E-state index in [1.807, 2.05) is 0 Å². The SMILES string of the molecule is O=S(=O)(CCCC(F)(F)F)N[C@@H]1c2ccccc2C[C@@H]1O. The van der Waals surface area contributed by atoms with Crippen molar-refractivity contribution in [1.29, 1.82) is 0 Å². The molecule has 0 saturated heterocycles. The maximum absolute atomic E-state index is 12.0. The fourth-order valence-corrected chi connectivity index (χ4v) is 3.74. The van der Waals surface area contributed by atoms with E-state index in [0.29, 0.717) is 12.0 Å². The van der Waals surface area contributed by atoms with Crippen LogP contribution in [0.2, 0.25) is 0 Å². The molecule has 2 N–H and O–H groups in total. The molecule has 21 heavy (non-hydrogen) atoms. The summed E-state index contributed by atoms with van der Waals surface area (Å²) >= 11 is 0. The number of alkyl halides is 3. The summed E-state index contributed by atoms with van der Waals surface area (Å²) in [4.78, 5) is 0. The van der Waals surface area contributed by atoms with Gasteiger partial charge < -0.3 is 5.11 Å². The molecule has 8 heteroatoms. The van der Waals surface area contributed by atoms with Crippen LogP contribution in [0.3, 0.4) is 0 Å². The van der Waals surface area contributed by atoms with E-state index < -0.39 is 46.9 Å². The zero-order valence-corrected chi connectivity index (χ0v) is 11.9. The first-order valence-electron chi connectivity index (χ1n) is 6.50. The Bertz CT molecular complexity index is 601. The van der Waals surface area contributed by atoms with Gasteiger partial charge in [-0.1, -0.05) is 24.3 Å². The number of rotatable bonds is 5. The Morgan fingerprint density at radius 3 is 2.62 bits per heavy atom. The molecule has 0 bridgehead atoms. The summed E-state index contributed by atoms with van der Waals surface area (Å²) in [5.74, 6) is -0.613. The molecule has 0 aromatic heterocycles. The molecule has 4 nitrogen and oxygen atoms in total. The minimum absolute atomic E-state index is 0.325. The Balaban J connectivity index is 2.00. The third kappa shape index (κ3) is 4.42. The van der Waals surface area contributed by atoms with Gasteiger partial charge in [0.05, 0.1) is 17.9 Å². The molecule has 0 spiro atoms. The molecule has 0 unspecified atom stereocenters. The van der Waals surface area contributed by atoms with Gasteiger partial charge in [0.15, 0.2) is 0 Å². The molecular formula is C13H16F3NO3S. The lowest BCUT2D eigenvalue weighted by atomic mass is 10.1. The highest BCUT2D eigenvalue weighted by atomic mass is 32.2. The number of sulfonamides is 1. The molecular weight excluding hydrogens is 307 g/mol. The molecule has 0 aliphatic heterocycles. The van der Waals surface area contributed by atoms with Gasteiger partial charge in [-0.2, -0.15) is 13.2 Å². The van der Waals surface area contributed by atoms with Crippen molar-refractivity contribution in [2.24, 2.45) is 0 Å². The van der Waals surface area contributed by atoms with E-state index in [2.05, 4.69) is 4.72 Å². The molecule has 1 aromatic carbocycles. The second-order valence-corrected chi connectivity index (χ2v) is 6.98. The van der Waals surface area contributed by atoms with E-state index in [4.69, 9.17) is 0 Å². The van der Waals surface area contributed by atoms with Gasteiger partial charge >= 0.3 is 6.18 Å². The van der Waals surface area contributed by atoms with E-state index in [0.717, 1.165) is 5.56 Å². The summed E-state index contributed by atoms with van der Waals surface area (Å²) < 4.78 is 62.1. The number of fused-ring (bicyclic) bond motifs is 1. The number of benzene rings is 1. The average molecular weight is 323 g/mol. The summed E-state index contributed by atoms with van der Waals surface area (Å²) in [5.41, 5.74) is 1.51. The van der Waals surface area contributed by atoms with Crippen molar-refractivity contribution in [3.63, 3.8) is 0 Å². The summed E-state index contributed by atoms with van der Waals surface area (Å²) in [5, 5.41) is 9.92. The number of hydrogen-bond donors (Lipinski definition) is 2. The molecule has 1 aromatic rings. The summed E-state index contributed by atoms with van der Waals surface area (Å²) in [6.07, 6.45) is -6.58. The molecule has 1 aliphatic rings. The van der Waals surface area contributed by atoms with Gasteiger partial charge in [0.2, 0.25) is 10.0 Å². The van der Waals surface area contributed by atoms with Gasteiger partial charge in [0.25, 0.3) is 0 Å². The van der Waals surface area contributed by atoms with Crippen molar-refractivity contribution >= 4 is 10.0 Å². The standard InChI is InChI=1S/C13H16F3NO3S/c14-13(15,16)6-3-7-21(19,20)17-12-10-5-2-1-4-9(10)8-11(12)18/h1-2,4-5,11-12,17-18H,3,6-8H2/t11-,12+/m0/s1. The Morgan fingerprint density at radius 1 is 1.29 bits per heavy atom. The van der Waals surface area contributed by atoms with Crippen LogP contribution in [0.1, 0.15) is 30.0 Å². The van der Waals surface area contributed by atoms with Crippen molar-refractivity contribution in [3.05, 3.63) is 35.4 Å². The lowest BCUT2D eigenvalue weighted by molar-refractivity contribution is -0.134. The molecule has 0 amide bonds. The molecule has 0 saturated carbocycles. The first-order valence-corrected chi connectivity index (χ1v) is 8.16. The summed E-state index contributed by atoms with van der Waals surface area (Å²) in [6.45, 7) is 0. The van der Waals surface area contributed by atoms with E-state index in [9.17, 15) is 26.7 Å². The van der Waals surface area contributed by atoms with E-state index in [1.54, 1.807) is 24.3 Å². The Hall–Kier alpha value is -1.12. The van der Waals surface area contributed by atoms with Crippen LogP contribution in [0.25, 0.3) is 0 Å². The maximum atomic E-state index is 12.0. The third-order valence-corrected chi connectivity index (χ3v) is 4.82. The average Bonchev–Trinajstić information content (AvgIpc) is 2.64. The second kappa shape index (κ2) is 5.94. The lowest BCUT2D eigenvalue weighted by Gasteiger charge is -2.18. The highest BCUT2D eigenvalue weighted by Gasteiger charge is 2.34. The monoisotopic (exact) mass is 323 g/mol. The van der Waals surface area contributed by atoms with Crippen molar-refractivity contribution in [2.75, 3.05) is 5.75 Å². The van der Waals surface area contributed by atoms with Crippen molar-refractivity contribution in [1.82, 2.24) is 4.72 Å². The van der Waals surface area contributed by atoms with Crippen molar-refractivity contribution in [3.8, 4) is 0 Å². The lowest BCUT2D eigenvalue weighted by Crippen LogP contribution is -2.35. The zero-order chi connectivity index (χ0) is 15.7. The van der Waals surface area contributed by atoms with Gasteiger partial charge in [-0.25, -0.2) is 13.1 Å². The largest absolute Gasteiger partial charge is 0.391 e. The van der Waals surface area contributed by atoms with Gasteiger partial charge in [-0.15, -0.1) is 0 Å². The minimum Gasteiger partial charge on any atom is -0.391 e. The zero-order valence-electron chi connectivity index (χ0n) is 11.1. The van der Waals surface area contributed by atoms with E-state index in [-0.39, 0.29) is 0 Å². The van der Waals surface area contributed by atoms with Gasteiger partial charge in [-0.05, 0) is 17.5 Å². The van der Waals surface area contributed by atoms with Gasteiger partial charge in [0.1, 0.15) is 0 Å². The van der Waals surface area contributed by atoms with Crippen LogP contribution in [-0.4, -0.2) is 31.6 Å². The summed E-state index contributed by atoms with van der Waals surface area (Å²) in [7, 11) is -3.87. The molecule has 0 fully saturated rings. The summed E-state index contributed by atoms with van der Waals surface area (Å²) in [6, 6.07) is 6.20. The van der Waals surface area contributed by atoms with Crippen LogP contribution in [0.4, 0.5) is 13.2 Å². The van der Waals surface area contributed by atoms with Crippen LogP contribution in [0, 0.1) is 0 Å². The Kier molecular flexibility index (Phi) is 4.60. The van der Waals surface area contributed by atoms with Crippen LogP contribution in [-0.2, 0) is 16.4 Å². The van der Waals surface area contributed by atoms with E-state index >= 15 is 0 Å². The molecule has 1 aliphatic carbocycles. The second-order valence-electron chi connectivity index (χ2n) is 5.10. The Labute approximate surface area is 121 Å². The molecule has 118 valence electrons. The van der Waals surface area contributed by atoms with E-state index in [1.165, 1.54) is 0 Å². The quantitative estimate of drug-likeness (QED) is 0.870. The predicted molar refractivity (Wildman–Crippen MR) is 71.1 cm³/mol. The highest BCUT2D eigenvalue weighted by molar-refractivity contribution is 7.89. The molecule has 0 radical (unpaired) electrons. The van der Waals surface area contributed by atoms with Gasteiger partial charge in [0, 0.05) is 12.8 Å². The fraction of sp³-hybridized carbons (Fsp3) is 0.538. The van der Waals surface area contributed by atoms with Crippen molar-refractivity contribution < 1.29 is 26.7 Å². The van der Waals surface area contributed by atoms with Crippen molar-refractivity contribution in [2.45, 2.75) is 37.6 Å². The first kappa shape index (κ1) is 16.3. The van der Waals surface area contributed by atoms with Crippen LogP contribution < -0.4 is 4.72 Å². The number of nitrogens with one attached hydrogen (secondary N) is 1. The van der Waals surface area contributed by atoms with Crippen LogP contribution in [0.5, 0.6) is 0 Å². The number of hydrogen-bond acceptors (Lipinski definition) is 3. The van der Waals surface area contributed by atoms with Gasteiger partial charge in [-0.3, -0.25) is 0 Å². The third-order valence-electron chi connectivity index (χ3n) is 3.38. The normalized spacial score (nSPS) is 22.3.